The normalized spacial score (nSPS) is 11.0. The summed E-state index contributed by atoms with van der Waals surface area (Å²) in [5, 5.41) is 0.499. The molecule has 3 aromatic rings. The van der Waals surface area contributed by atoms with E-state index in [4.69, 9.17) is 0 Å². The van der Waals surface area contributed by atoms with Crippen LogP contribution in [0.4, 0.5) is 8.78 Å². The minimum atomic E-state index is -2.87. The van der Waals surface area contributed by atoms with Gasteiger partial charge >= 0.3 is 6.61 Å². The van der Waals surface area contributed by atoms with Gasteiger partial charge in [-0.15, -0.1) is 0 Å². The number of aromatic nitrogens is 2. The second-order valence-electron chi connectivity index (χ2n) is 4.33. The van der Waals surface area contributed by atoms with Crippen molar-refractivity contribution in [1.29, 1.82) is 0 Å². The Kier molecular flexibility index (Phi) is 3.35. The molecule has 1 heterocycles. The van der Waals surface area contributed by atoms with Gasteiger partial charge in [-0.2, -0.15) is 8.78 Å². The minimum Gasteiger partial charge on any atom is -0.435 e. The van der Waals surface area contributed by atoms with Crippen molar-refractivity contribution in [2.24, 2.45) is 0 Å². The van der Waals surface area contributed by atoms with Crippen LogP contribution in [0.3, 0.4) is 0 Å². The molecule has 0 fully saturated rings. The van der Waals surface area contributed by atoms with Crippen LogP contribution in [0.15, 0.2) is 53.3 Å². The molecule has 21 heavy (non-hydrogen) atoms. The number of benzene rings is 2. The van der Waals surface area contributed by atoms with Crippen LogP contribution in [0, 0.1) is 0 Å². The maximum atomic E-state index is 12.1. The van der Waals surface area contributed by atoms with Crippen LogP contribution >= 0.6 is 0 Å². The van der Waals surface area contributed by atoms with Crippen molar-refractivity contribution in [3.05, 3.63) is 58.9 Å². The molecule has 0 aliphatic heterocycles. The number of nitrogens with zero attached hydrogens (tertiary/aromatic N) is 1. The van der Waals surface area contributed by atoms with Crippen molar-refractivity contribution in [3.63, 3.8) is 0 Å². The molecular weight excluding hydrogens is 278 g/mol. The van der Waals surface area contributed by atoms with Crippen LogP contribution in [0.25, 0.3) is 22.3 Å². The molecule has 6 heteroatoms. The maximum Gasteiger partial charge on any atom is 0.387 e. The molecule has 0 unspecified atom stereocenters. The second kappa shape index (κ2) is 5.32. The molecule has 4 nitrogen and oxygen atoms in total. The lowest BCUT2D eigenvalue weighted by atomic mass is 10.2. The van der Waals surface area contributed by atoms with Crippen molar-refractivity contribution >= 4 is 10.9 Å². The topological polar surface area (TPSA) is 55.0 Å². The SMILES string of the molecule is O=c1[nH]c(-c2ccc(OC(F)F)cc2)nc2ccccc12. The van der Waals surface area contributed by atoms with Gasteiger partial charge in [-0.1, -0.05) is 12.1 Å². The third-order valence-electron chi connectivity index (χ3n) is 2.97. The first kappa shape index (κ1) is 13.2. The minimum absolute atomic E-state index is 0.0527. The van der Waals surface area contributed by atoms with Crippen molar-refractivity contribution in [2.75, 3.05) is 0 Å². The summed E-state index contributed by atoms with van der Waals surface area (Å²) >= 11 is 0. The van der Waals surface area contributed by atoms with Crippen molar-refractivity contribution in [2.45, 2.75) is 6.61 Å². The predicted octanol–water partition coefficient (Wildman–Crippen LogP) is 3.19. The fraction of sp³-hybridized carbons (Fsp3) is 0.0667. The Morgan fingerprint density at radius 3 is 2.48 bits per heavy atom. The zero-order chi connectivity index (χ0) is 14.8. The van der Waals surface area contributed by atoms with E-state index in [1.54, 1.807) is 36.4 Å². The van der Waals surface area contributed by atoms with Gasteiger partial charge in [0.05, 0.1) is 10.9 Å². The van der Waals surface area contributed by atoms with Gasteiger partial charge in [0.15, 0.2) is 0 Å². The number of nitrogens with one attached hydrogen (secondary N) is 1. The van der Waals surface area contributed by atoms with E-state index in [0.717, 1.165) is 0 Å². The summed E-state index contributed by atoms with van der Waals surface area (Å²) in [4.78, 5) is 19.0. The van der Waals surface area contributed by atoms with E-state index in [2.05, 4.69) is 14.7 Å². The molecule has 0 radical (unpaired) electrons. The van der Waals surface area contributed by atoms with E-state index in [9.17, 15) is 13.6 Å². The monoisotopic (exact) mass is 288 g/mol. The standard InChI is InChI=1S/C15H10F2N2O2/c16-15(17)21-10-7-5-9(6-8-10)13-18-12-4-2-1-3-11(12)14(20)19-13/h1-8,15H,(H,18,19,20). The van der Waals surface area contributed by atoms with Crippen LogP contribution in [-0.4, -0.2) is 16.6 Å². The summed E-state index contributed by atoms with van der Waals surface area (Å²) < 4.78 is 28.5. The molecule has 0 spiro atoms. The molecule has 0 atom stereocenters. The number of halogens is 2. The molecule has 1 N–H and O–H groups in total. The van der Waals surface area contributed by atoms with Gasteiger partial charge in [0.25, 0.3) is 5.56 Å². The number of hydrogen-bond donors (Lipinski definition) is 1. The lowest BCUT2D eigenvalue weighted by molar-refractivity contribution is -0.0498. The lowest BCUT2D eigenvalue weighted by Gasteiger charge is -2.06. The number of rotatable bonds is 3. The molecule has 0 amide bonds. The number of para-hydroxylation sites is 1. The van der Waals surface area contributed by atoms with Gasteiger partial charge in [0.2, 0.25) is 0 Å². The highest BCUT2D eigenvalue weighted by Crippen LogP contribution is 2.21. The van der Waals surface area contributed by atoms with Crippen LogP contribution in [-0.2, 0) is 0 Å². The largest absolute Gasteiger partial charge is 0.435 e. The first-order valence-corrected chi connectivity index (χ1v) is 6.18. The summed E-state index contributed by atoms with van der Waals surface area (Å²) in [5.74, 6) is 0.430. The Morgan fingerprint density at radius 1 is 1.05 bits per heavy atom. The number of hydrogen-bond acceptors (Lipinski definition) is 3. The van der Waals surface area contributed by atoms with Crippen LogP contribution in [0.5, 0.6) is 5.75 Å². The molecule has 2 aromatic carbocycles. The summed E-state index contributed by atoms with van der Waals surface area (Å²) in [6.07, 6.45) is 0. The van der Waals surface area contributed by atoms with E-state index < -0.39 is 6.61 Å². The average Bonchev–Trinajstić information content (AvgIpc) is 2.47. The number of ether oxygens (including phenoxy) is 1. The fourth-order valence-electron chi connectivity index (χ4n) is 2.02. The van der Waals surface area contributed by atoms with E-state index in [1.165, 1.54) is 12.1 Å². The molecule has 0 saturated carbocycles. The number of alkyl halides is 2. The van der Waals surface area contributed by atoms with Crippen molar-refractivity contribution in [3.8, 4) is 17.1 Å². The summed E-state index contributed by atoms with van der Waals surface area (Å²) in [6.45, 7) is -2.87. The van der Waals surface area contributed by atoms with E-state index in [-0.39, 0.29) is 11.3 Å². The van der Waals surface area contributed by atoms with E-state index in [0.29, 0.717) is 22.3 Å². The third-order valence-corrected chi connectivity index (χ3v) is 2.97. The molecule has 0 aliphatic carbocycles. The molecule has 0 bridgehead atoms. The molecule has 106 valence electrons. The molecule has 3 rings (SSSR count). The predicted molar refractivity (Wildman–Crippen MR) is 74.4 cm³/mol. The number of aromatic amines is 1. The first-order valence-electron chi connectivity index (χ1n) is 6.18. The van der Waals surface area contributed by atoms with E-state index >= 15 is 0 Å². The smallest absolute Gasteiger partial charge is 0.387 e. The van der Waals surface area contributed by atoms with Gasteiger partial charge in [0.1, 0.15) is 11.6 Å². The van der Waals surface area contributed by atoms with Crippen LogP contribution < -0.4 is 10.3 Å². The Labute approximate surface area is 118 Å². The van der Waals surface area contributed by atoms with Crippen LogP contribution in [0.1, 0.15) is 0 Å². The molecule has 0 aliphatic rings. The third kappa shape index (κ3) is 2.74. The first-order chi connectivity index (χ1) is 10.1. The van der Waals surface area contributed by atoms with Gasteiger partial charge < -0.3 is 9.72 Å². The number of H-pyrrole nitrogens is 1. The Morgan fingerprint density at radius 2 is 1.76 bits per heavy atom. The Hall–Kier alpha value is -2.76. The lowest BCUT2D eigenvalue weighted by Crippen LogP contribution is -2.09. The highest BCUT2D eigenvalue weighted by molar-refractivity contribution is 5.79. The quantitative estimate of drug-likeness (QED) is 0.805. The zero-order valence-electron chi connectivity index (χ0n) is 10.7. The Balaban J connectivity index is 2.02. The van der Waals surface area contributed by atoms with Crippen molar-refractivity contribution in [1.82, 2.24) is 9.97 Å². The fourth-order valence-corrected chi connectivity index (χ4v) is 2.02. The Bertz CT molecular complexity index is 829. The van der Waals surface area contributed by atoms with Crippen molar-refractivity contribution < 1.29 is 13.5 Å². The summed E-state index contributed by atoms with van der Waals surface area (Å²) in [6, 6.07) is 12.9. The maximum absolute atomic E-state index is 12.1. The second-order valence-corrected chi connectivity index (χ2v) is 4.33. The van der Waals surface area contributed by atoms with Gasteiger partial charge in [-0.25, -0.2) is 4.98 Å². The highest BCUT2D eigenvalue weighted by Gasteiger charge is 2.07. The summed E-state index contributed by atoms with van der Waals surface area (Å²) in [7, 11) is 0. The highest BCUT2D eigenvalue weighted by atomic mass is 19.3. The van der Waals surface area contributed by atoms with Gasteiger partial charge in [-0.05, 0) is 36.4 Å². The number of fused-ring (bicyclic) bond motifs is 1. The van der Waals surface area contributed by atoms with Crippen LogP contribution in [0.2, 0.25) is 0 Å². The zero-order valence-corrected chi connectivity index (χ0v) is 10.7. The van der Waals surface area contributed by atoms with E-state index in [1.807, 2.05) is 0 Å². The molecular formula is C15H10F2N2O2. The van der Waals surface area contributed by atoms with Gasteiger partial charge in [-0.3, -0.25) is 4.79 Å². The van der Waals surface area contributed by atoms with Gasteiger partial charge in [0, 0.05) is 5.56 Å². The molecule has 0 saturated heterocycles. The average molecular weight is 288 g/mol. The summed E-state index contributed by atoms with van der Waals surface area (Å²) in [5.41, 5.74) is 0.937. The molecule has 1 aromatic heterocycles.